The fourth-order valence-electron chi connectivity index (χ4n) is 1.70. The van der Waals surface area contributed by atoms with E-state index in [1.165, 1.54) is 11.3 Å². The molecule has 0 radical (unpaired) electrons. The molecule has 0 atom stereocenters. The third-order valence-electron chi connectivity index (χ3n) is 2.38. The topological polar surface area (TPSA) is 34.9 Å². The number of aromatic nitrogens is 2. The molecule has 18 heavy (non-hydrogen) atoms. The molecule has 0 aliphatic carbocycles. The van der Waals surface area contributed by atoms with Crippen LogP contribution in [0.1, 0.15) is 24.2 Å². The smallest absolute Gasteiger partial charge is 0.153 e. The van der Waals surface area contributed by atoms with Gasteiger partial charge in [0, 0.05) is 18.3 Å². The molecule has 6 heteroatoms. The first-order valence-electron chi connectivity index (χ1n) is 5.49. The fourth-order valence-corrected chi connectivity index (χ4v) is 3.17. The largest absolute Gasteiger partial charge is 0.298 e. The molecular formula is C12H12Cl2N2OS. The van der Waals surface area contributed by atoms with Crippen LogP contribution in [0.3, 0.4) is 0 Å². The van der Waals surface area contributed by atoms with E-state index in [-0.39, 0.29) is 0 Å². The minimum Gasteiger partial charge on any atom is -0.298 e. The van der Waals surface area contributed by atoms with Gasteiger partial charge in [0.05, 0.1) is 9.90 Å². The molecule has 2 heterocycles. The second-order valence-electron chi connectivity index (χ2n) is 4.40. The molecule has 0 saturated heterocycles. The first-order valence-corrected chi connectivity index (χ1v) is 7.06. The summed E-state index contributed by atoms with van der Waals surface area (Å²) in [4.78, 5) is 11.1. The number of hydrogen-bond donors (Lipinski definition) is 0. The summed E-state index contributed by atoms with van der Waals surface area (Å²) >= 11 is 13.3. The van der Waals surface area contributed by atoms with E-state index in [4.69, 9.17) is 23.2 Å². The van der Waals surface area contributed by atoms with Crippen molar-refractivity contribution in [3.05, 3.63) is 26.5 Å². The van der Waals surface area contributed by atoms with Gasteiger partial charge >= 0.3 is 0 Å². The molecule has 0 aliphatic rings. The number of halogens is 2. The highest BCUT2D eigenvalue weighted by Crippen LogP contribution is 2.38. The summed E-state index contributed by atoms with van der Waals surface area (Å²) in [5.41, 5.74) is 1.85. The van der Waals surface area contributed by atoms with Crippen molar-refractivity contribution < 1.29 is 4.79 Å². The molecule has 2 rings (SSSR count). The number of rotatable bonds is 4. The van der Waals surface area contributed by atoms with Gasteiger partial charge in [0.1, 0.15) is 10.0 Å². The first kappa shape index (κ1) is 13.6. The van der Waals surface area contributed by atoms with Crippen LogP contribution < -0.4 is 0 Å². The maximum Gasteiger partial charge on any atom is 0.153 e. The predicted octanol–water partition coefficient (Wildman–Crippen LogP) is 4.39. The minimum absolute atomic E-state index is 0.457. The van der Waals surface area contributed by atoms with Gasteiger partial charge in [-0.15, -0.1) is 11.3 Å². The minimum atomic E-state index is 0.457. The van der Waals surface area contributed by atoms with Crippen LogP contribution in [0, 0.1) is 5.92 Å². The van der Waals surface area contributed by atoms with Crippen LogP contribution in [0.15, 0.2) is 12.3 Å². The molecule has 0 spiro atoms. The highest BCUT2D eigenvalue weighted by Gasteiger charge is 2.16. The van der Waals surface area contributed by atoms with E-state index in [2.05, 4.69) is 18.9 Å². The average molecular weight is 303 g/mol. The molecule has 0 bridgehead atoms. The predicted molar refractivity (Wildman–Crippen MR) is 75.8 cm³/mol. The monoisotopic (exact) mass is 302 g/mol. The number of carbonyl (C=O) groups is 1. The lowest BCUT2D eigenvalue weighted by Gasteiger charge is -2.03. The Morgan fingerprint density at radius 1 is 1.50 bits per heavy atom. The van der Waals surface area contributed by atoms with E-state index in [1.807, 2.05) is 0 Å². The van der Waals surface area contributed by atoms with Crippen molar-refractivity contribution in [1.82, 2.24) is 9.78 Å². The third kappa shape index (κ3) is 2.76. The van der Waals surface area contributed by atoms with E-state index in [9.17, 15) is 4.79 Å². The summed E-state index contributed by atoms with van der Waals surface area (Å²) in [5.74, 6) is 0.457. The number of hydrogen-bond acceptors (Lipinski definition) is 3. The third-order valence-corrected chi connectivity index (χ3v) is 3.87. The molecule has 0 aromatic carbocycles. The number of carbonyl (C=O) groups excluding carboxylic acids is 1. The van der Waals surface area contributed by atoms with Crippen LogP contribution in [0.2, 0.25) is 8.67 Å². The molecule has 3 nitrogen and oxygen atoms in total. The lowest BCUT2D eigenvalue weighted by atomic mass is 10.2. The Balaban J connectivity index is 2.46. The summed E-state index contributed by atoms with van der Waals surface area (Å²) < 4.78 is 2.91. The molecule has 0 saturated carbocycles. The molecule has 0 amide bonds. The van der Waals surface area contributed by atoms with Crippen molar-refractivity contribution in [2.24, 2.45) is 5.92 Å². The Bertz CT molecular complexity index is 575. The van der Waals surface area contributed by atoms with E-state index >= 15 is 0 Å². The summed E-state index contributed by atoms with van der Waals surface area (Å²) in [6.45, 7) is 4.95. The second kappa shape index (κ2) is 5.43. The van der Waals surface area contributed by atoms with Gasteiger partial charge in [-0.25, -0.2) is 0 Å². The highest BCUT2D eigenvalue weighted by atomic mass is 35.5. The van der Waals surface area contributed by atoms with Crippen molar-refractivity contribution >= 4 is 40.8 Å². The Kier molecular flexibility index (Phi) is 4.10. The molecule has 0 fully saturated rings. The van der Waals surface area contributed by atoms with E-state index < -0.39 is 0 Å². The van der Waals surface area contributed by atoms with Crippen LogP contribution in [0.5, 0.6) is 0 Å². The normalized spacial score (nSPS) is 11.2. The van der Waals surface area contributed by atoms with Gasteiger partial charge in [0.25, 0.3) is 0 Å². The van der Waals surface area contributed by atoms with Gasteiger partial charge in [-0.3, -0.25) is 9.48 Å². The van der Waals surface area contributed by atoms with Gasteiger partial charge < -0.3 is 0 Å². The molecule has 0 unspecified atom stereocenters. The molecule has 96 valence electrons. The van der Waals surface area contributed by atoms with Gasteiger partial charge in [-0.1, -0.05) is 37.0 Å². The standard InChI is InChI=1S/C12H12Cl2N2OS/c1-7(2)4-16-5-8(6-17)11(15-16)9-3-10(13)18-12(9)14/h3,5-7H,4H2,1-2H3. The lowest BCUT2D eigenvalue weighted by Crippen LogP contribution is -2.04. The summed E-state index contributed by atoms with van der Waals surface area (Å²) in [6.07, 6.45) is 2.53. The number of thiophene rings is 1. The summed E-state index contributed by atoms with van der Waals surface area (Å²) in [6, 6.07) is 1.74. The van der Waals surface area contributed by atoms with Gasteiger partial charge in [0.2, 0.25) is 0 Å². The molecule has 2 aromatic heterocycles. The van der Waals surface area contributed by atoms with Crippen molar-refractivity contribution in [3.8, 4) is 11.3 Å². The molecular weight excluding hydrogens is 291 g/mol. The SMILES string of the molecule is CC(C)Cn1cc(C=O)c(-c2cc(Cl)sc2Cl)n1. The van der Waals surface area contributed by atoms with Crippen LogP contribution in [-0.2, 0) is 6.54 Å². The second-order valence-corrected chi connectivity index (χ2v) is 6.69. The van der Waals surface area contributed by atoms with Crippen molar-refractivity contribution in [2.45, 2.75) is 20.4 Å². The fraction of sp³-hybridized carbons (Fsp3) is 0.333. The Morgan fingerprint density at radius 2 is 2.22 bits per heavy atom. The van der Waals surface area contributed by atoms with E-state index in [1.54, 1.807) is 16.9 Å². The van der Waals surface area contributed by atoms with Crippen LogP contribution in [0.4, 0.5) is 0 Å². The molecule has 0 aliphatic heterocycles. The lowest BCUT2D eigenvalue weighted by molar-refractivity contribution is 0.112. The van der Waals surface area contributed by atoms with E-state index in [0.717, 1.165) is 18.4 Å². The highest BCUT2D eigenvalue weighted by molar-refractivity contribution is 7.20. The van der Waals surface area contributed by atoms with Crippen molar-refractivity contribution in [1.29, 1.82) is 0 Å². The average Bonchev–Trinajstić information content (AvgIpc) is 2.80. The summed E-state index contributed by atoms with van der Waals surface area (Å²) in [5, 5.41) is 4.41. The zero-order chi connectivity index (χ0) is 13.3. The maximum atomic E-state index is 11.1. The van der Waals surface area contributed by atoms with Gasteiger partial charge in [-0.05, 0) is 12.0 Å². The van der Waals surface area contributed by atoms with Gasteiger partial charge in [0.15, 0.2) is 6.29 Å². The maximum absolute atomic E-state index is 11.1. The van der Waals surface area contributed by atoms with E-state index in [0.29, 0.717) is 25.8 Å². The van der Waals surface area contributed by atoms with Crippen LogP contribution >= 0.6 is 34.5 Å². The Hall–Kier alpha value is -0.840. The van der Waals surface area contributed by atoms with Crippen molar-refractivity contribution in [2.75, 3.05) is 0 Å². The quantitative estimate of drug-likeness (QED) is 0.785. The van der Waals surface area contributed by atoms with Crippen LogP contribution in [-0.4, -0.2) is 16.1 Å². The van der Waals surface area contributed by atoms with Crippen LogP contribution in [0.25, 0.3) is 11.3 Å². The Morgan fingerprint density at radius 3 is 2.72 bits per heavy atom. The van der Waals surface area contributed by atoms with Gasteiger partial charge in [-0.2, -0.15) is 5.10 Å². The summed E-state index contributed by atoms with van der Waals surface area (Å²) in [7, 11) is 0. The number of aldehydes is 1. The zero-order valence-corrected chi connectivity index (χ0v) is 12.3. The zero-order valence-electron chi connectivity index (χ0n) is 9.98. The molecule has 2 aromatic rings. The molecule has 0 N–H and O–H groups in total. The number of nitrogens with zero attached hydrogens (tertiary/aromatic N) is 2. The van der Waals surface area contributed by atoms with Crippen molar-refractivity contribution in [3.63, 3.8) is 0 Å². The first-order chi connectivity index (χ1) is 8.51. The Labute approximate surface area is 119 Å².